The minimum Gasteiger partial charge on any atom is -0.377 e. The van der Waals surface area contributed by atoms with Crippen LogP contribution in [0.1, 0.15) is 30.0 Å². The molecule has 2 aromatic carbocycles. The van der Waals surface area contributed by atoms with Crippen LogP contribution in [0.5, 0.6) is 0 Å². The number of nitrogens with zero attached hydrogens (tertiary/aromatic N) is 1. The van der Waals surface area contributed by atoms with Gasteiger partial charge in [-0.1, -0.05) is 6.07 Å². The Morgan fingerprint density at radius 2 is 1.79 bits per heavy atom. The molecule has 1 aliphatic heterocycles. The maximum absolute atomic E-state index is 15.1. The Hall–Kier alpha value is -2.50. The molecule has 0 radical (unpaired) electrons. The zero-order chi connectivity index (χ0) is 23.5. The molecule has 176 valence electrons. The second-order valence-electron chi connectivity index (χ2n) is 8.36. The molecule has 1 N–H and O–H groups in total. The zero-order valence-corrected chi connectivity index (χ0v) is 17.9. The Balaban J connectivity index is 1.63. The number of benzene rings is 2. The van der Waals surface area contributed by atoms with Crippen LogP contribution in [-0.4, -0.2) is 31.4 Å². The molecule has 1 saturated carbocycles. The van der Waals surface area contributed by atoms with Crippen molar-refractivity contribution in [2.24, 2.45) is 0 Å². The summed E-state index contributed by atoms with van der Waals surface area (Å²) in [4.78, 5) is 0. The van der Waals surface area contributed by atoms with E-state index in [0.717, 1.165) is 18.2 Å². The molecule has 2 aliphatic rings. The van der Waals surface area contributed by atoms with Gasteiger partial charge in [0.05, 0.1) is 30.1 Å². The first-order valence-corrected chi connectivity index (χ1v) is 11.9. The lowest BCUT2D eigenvalue weighted by atomic mass is 9.97. The van der Waals surface area contributed by atoms with Gasteiger partial charge in [0.2, 0.25) is 10.0 Å². The third-order valence-corrected chi connectivity index (χ3v) is 7.92. The lowest BCUT2D eigenvalue weighted by molar-refractivity contribution is -0.137. The van der Waals surface area contributed by atoms with E-state index in [1.165, 1.54) is 6.07 Å². The Bertz CT molecular complexity index is 1340. The van der Waals surface area contributed by atoms with Crippen molar-refractivity contribution in [3.8, 4) is 11.1 Å². The highest BCUT2D eigenvalue weighted by atomic mass is 32.2. The summed E-state index contributed by atoms with van der Waals surface area (Å²) in [6.45, 7) is 0.668. The number of hydrogen-bond donors (Lipinski definition) is 1. The maximum atomic E-state index is 15.1. The summed E-state index contributed by atoms with van der Waals surface area (Å²) in [5, 5.41) is -0.0363. The molecule has 0 amide bonds. The maximum Gasteiger partial charge on any atom is 0.417 e. The molecule has 0 unspecified atom stereocenters. The van der Waals surface area contributed by atoms with Gasteiger partial charge in [-0.3, -0.25) is 0 Å². The Labute approximate surface area is 186 Å². The molecule has 0 bridgehead atoms. The lowest BCUT2D eigenvalue weighted by Crippen LogP contribution is -2.30. The Morgan fingerprint density at radius 1 is 1.06 bits per heavy atom. The topological polar surface area (TPSA) is 60.3 Å². The molecule has 11 heteroatoms. The predicted octanol–water partition coefficient (Wildman–Crippen LogP) is 4.76. The molecule has 0 atom stereocenters. The van der Waals surface area contributed by atoms with Crippen molar-refractivity contribution in [1.29, 1.82) is 0 Å². The van der Waals surface area contributed by atoms with E-state index in [0.29, 0.717) is 48.6 Å². The molecule has 1 aromatic heterocycles. The number of hydrogen-bond acceptors (Lipinski definition) is 3. The van der Waals surface area contributed by atoms with Crippen LogP contribution in [0.15, 0.2) is 36.5 Å². The molecule has 5 rings (SSSR count). The molecule has 1 aliphatic carbocycles. The van der Waals surface area contributed by atoms with Gasteiger partial charge >= 0.3 is 6.18 Å². The number of nitrogens with one attached hydrogen (secondary N) is 1. The Kier molecular flexibility index (Phi) is 5.26. The first kappa shape index (κ1) is 22.3. The molecule has 3 aromatic rings. The molecular formula is C22H19F5N2O3S. The smallest absolute Gasteiger partial charge is 0.377 e. The van der Waals surface area contributed by atoms with Crippen molar-refractivity contribution in [3.05, 3.63) is 59.3 Å². The summed E-state index contributed by atoms with van der Waals surface area (Å²) >= 11 is 0. The monoisotopic (exact) mass is 486 g/mol. The molecule has 0 spiro atoms. The second kappa shape index (κ2) is 7.78. The standard InChI is InChI=1S/C22H19F5N2O3S/c23-13-1-4-16(19(5-13)22(25,26)27)18-7-21-17(6-20(18)24)12(9-29(21)14-10-32-11-14)8-28-33(30,31)15-2-3-15/h1,4-7,9,14-15,28H,2-3,8,10-11H2. The summed E-state index contributed by atoms with van der Waals surface area (Å²) < 4.78 is 103. The number of ether oxygens (including phenoxy) is 1. The number of fused-ring (bicyclic) bond motifs is 1. The van der Waals surface area contributed by atoms with Crippen molar-refractivity contribution in [1.82, 2.24) is 9.29 Å². The first-order chi connectivity index (χ1) is 15.5. The van der Waals surface area contributed by atoms with Crippen molar-refractivity contribution in [3.63, 3.8) is 0 Å². The zero-order valence-electron chi connectivity index (χ0n) is 17.1. The van der Waals surface area contributed by atoms with Crippen LogP contribution in [0.3, 0.4) is 0 Å². The van der Waals surface area contributed by atoms with Crippen molar-refractivity contribution >= 4 is 20.9 Å². The fourth-order valence-electron chi connectivity index (χ4n) is 4.03. The molecule has 1 saturated heterocycles. The highest BCUT2D eigenvalue weighted by Gasteiger charge is 2.36. The SMILES string of the molecule is O=S(=O)(NCc1cn(C2COC2)c2cc(-c3ccc(F)cc3C(F)(F)F)c(F)cc12)C1CC1. The van der Waals surface area contributed by atoms with Gasteiger partial charge in [-0.25, -0.2) is 21.9 Å². The van der Waals surface area contributed by atoms with Crippen LogP contribution < -0.4 is 4.72 Å². The normalized spacial score (nSPS) is 17.5. The van der Waals surface area contributed by atoms with E-state index in [1.54, 1.807) is 10.8 Å². The van der Waals surface area contributed by atoms with Gasteiger partial charge in [0.1, 0.15) is 11.6 Å². The number of rotatable bonds is 6. The van der Waals surface area contributed by atoms with Crippen LogP contribution in [0, 0.1) is 11.6 Å². The van der Waals surface area contributed by atoms with Crippen molar-refractivity contribution in [2.75, 3.05) is 13.2 Å². The van der Waals surface area contributed by atoms with Crippen molar-refractivity contribution < 1.29 is 35.1 Å². The number of aromatic nitrogens is 1. The van der Waals surface area contributed by atoms with Gasteiger partial charge in [0.25, 0.3) is 0 Å². The third kappa shape index (κ3) is 4.13. The molecular weight excluding hydrogens is 467 g/mol. The second-order valence-corrected chi connectivity index (χ2v) is 10.4. The van der Waals surface area contributed by atoms with Gasteiger partial charge in [-0.15, -0.1) is 0 Å². The first-order valence-electron chi connectivity index (χ1n) is 10.3. The quantitative estimate of drug-likeness (QED) is 0.512. The predicted molar refractivity (Wildman–Crippen MR) is 111 cm³/mol. The van der Waals surface area contributed by atoms with Crippen LogP contribution in [-0.2, 0) is 27.5 Å². The van der Waals surface area contributed by atoms with Gasteiger partial charge in [-0.05, 0) is 48.2 Å². The number of sulfonamides is 1. The summed E-state index contributed by atoms with van der Waals surface area (Å²) in [6.07, 6.45) is -2.03. The van der Waals surface area contributed by atoms with Crippen molar-refractivity contribution in [2.45, 2.75) is 36.9 Å². The fourth-order valence-corrected chi connectivity index (χ4v) is 5.38. The molecule has 5 nitrogen and oxygen atoms in total. The van der Waals surface area contributed by atoms with E-state index >= 15 is 4.39 Å². The van der Waals surface area contributed by atoms with Crippen LogP contribution >= 0.6 is 0 Å². The van der Waals surface area contributed by atoms with Gasteiger partial charge in [-0.2, -0.15) is 13.2 Å². The molecule has 2 fully saturated rings. The summed E-state index contributed by atoms with van der Waals surface area (Å²) in [5.74, 6) is -2.00. The van der Waals surface area contributed by atoms with E-state index < -0.39 is 44.2 Å². The van der Waals surface area contributed by atoms with Gasteiger partial charge in [0, 0.05) is 29.2 Å². The van der Waals surface area contributed by atoms with E-state index in [1.807, 2.05) is 0 Å². The fraction of sp³-hybridized carbons (Fsp3) is 0.364. The highest BCUT2D eigenvalue weighted by molar-refractivity contribution is 7.90. The summed E-state index contributed by atoms with van der Waals surface area (Å²) in [6, 6.07) is 4.39. The highest BCUT2D eigenvalue weighted by Crippen LogP contribution is 2.40. The molecule has 2 heterocycles. The lowest BCUT2D eigenvalue weighted by Gasteiger charge is -2.28. The summed E-state index contributed by atoms with van der Waals surface area (Å²) in [7, 11) is -3.48. The van der Waals surface area contributed by atoms with E-state index in [4.69, 9.17) is 4.74 Å². The van der Waals surface area contributed by atoms with Gasteiger partial charge in [0.15, 0.2) is 0 Å². The van der Waals surface area contributed by atoms with Crippen LogP contribution in [0.2, 0.25) is 0 Å². The van der Waals surface area contributed by atoms with E-state index in [9.17, 15) is 26.0 Å². The third-order valence-electron chi connectivity index (χ3n) is 6.02. The largest absolute Gasteiger partial charge is 0.417 e. The average Bonchev–Trinajstić information content (AvgIpc) is 3.50. The van der Waals surface area contributed by atoms with Crippen LogP contribution in [0.25, 0.3) is 22.0 Å². The van der Waals surface area contributed by atoms with Crippen LogP contribution in [0.4, 0.5) is 22.0 Å². The number of alkyl halides is 3. The minimum atomic E-state index is -4.88. The van der Waals surface area contributed by atoms with E-state index in [-0.39, 0.29) is 18.2 Å². The number of halogens is 5. The molecule has 33 heavy (non-hydrogen) atoms. The average molecular weight is 486 g/mol. The Morgan fingerprint density at radius 3 is 2.39 bits per heavy atom. The van der Waals surface area contributed by atoms with E-state index in [2.05, 4.69) is 4.72 Å². The summed E-state index contributed by atoms with van der Waals surface area (Å²) in [5.41, 5.74) is -1.13. The van der Waals surface area contributed by atoms with Gasteiger partial charge < -0.3 is 9.30 Å². The minimum absolute atomic E-state index is 0.0704.